The predicted molar refractivity (Wildman–Crippen MR) is 103 cm³/mol. The number of halogens is 2. The van der Waals surface area contributed by atoms with Crippen LogP contribution < -0.4 is 5.32 Å². The summed E-state index contributed by atoms with van der Waals surface area (Å²) in [6.45, 7) is 1.87. The van der Waals surface area contributed by atoms with Crippen LogP contribution in [0.4, 0.5) is 5.82 Å². The third-order valence-electron chi connectivity index (χ3n) is 4.05. The van der Waals surface area contributed by atoms with E-state index in [0.717, 1.165) is 0 Å². The van der Waals surface area contributed by atoms with Crippen molar-refractivity contribution in [1.82, 2.24) is 19.8 Å². The number of hydrogen-bond acceptors (Lipinski definition) is 6. The molecule has 0 radical (unpaired) electrons. The molecule has 4 aromatic rings. The first-order valence-corrected chi connectivity index (χ1v) is 8.87. The average Bonchev–Trinajstić information content (AvgIpc) is 3.29. The van der Waals surface area contributed by atoms with Crippen molar-refractivity contribution in [2.45, 2.75) is 12.5 Å². The normalized spacial score (nSPS) is 13.6. The van der Waals surface area contributed by atoms with Crippen LogP contribution in [0.1, 0.15) is 12.7 Å². The molecule has 0 aliphatic heterocycles. The van der Waals surface area contributed by atoms with Crippen LogP contribution in [-0.2, 0) is 5.60 Å². The lowest BCUT2D eigenvalue weighted by atomic mass is 10.0. The van der Waals surface area contributed by atoms with E-state index in [2.05, 4.69) is 20.6 Å². The van der Waals surface area contributed by atoms with Crippen molar-refractivity contribution in [3.05, 3.63) is 64.5 Å². The van der Waals surface area contributed by atoms with E-state index in [4.69, 9.17) is 27.6 Å². The van der Waals surface area contributed by atoms with E-state index < -0.39 is 5.60 Å². The van der Waals surface area contributed by atoms with Crippen molar-refractivity contribution in [3.8, 4) is 11.4 Å². The lowest BCUT2D eigenvalue weighted by molar-refractivity contribution is 0.0475. The minimum atomic E-state index is -1.18. The van der Waals surface area contributed by atoms with Crippen molar-refractivity contribution in [1.29, 1.82) is 0 Å². The zero-order chi connectivity index (χ0) is 19.0. The van der Waals surface area contributed by atoms with Gasteiger partial charge in [0.15, 0.2) is 11.5 Å². The molecule has 3 aromatic heterocycles. The first-order valence-electron chi connectivity index (χ1n) is 8.11. The molecular formula is C18H15Cl2N5O2. The molecule has 1 unspecified atom stereocenters. The Hall–Kier alpha value is -2.61. The van der Waals surface area contributed by atoms with Crippen molar-refractivity contribution in [2.75, 3.05) is 11.9 Å². The molecule has 0 saturated heterocycles. The maximum Gasteiger partial charge on any atom is 0.185 e. The van der Waals surface area contributed by atoms with E-state index in [1.807, 2.05) is 0 Å². The molecule has 0 amide bonds. The van der Waals surface area contributed by atoms with Crippen molar-refractivity contribution in [2.24, 2.45) is 0 Å². The number of furan rings is 1. The van der Waals surface area contributed by atoms with Crippen LogP contribution in [0.5, 0.6) is 0 Å². The van der Waals surface area contributed by atoms with E-state index in [0.29, 0.717) is 38.7 Å². The molecule has 27 heavy (non-hydrogen) atoms. The Morgan fingerprint density at radius 3 is 2.63 bits per heavy atom. The van der Waals surface area contributed by atoms with Crippen molar-refractivity contribution >= 4 is 34.7 Å². The Morgan fingerprint density at radius 2 is 1.93 bits per heavy atom. The van der Waals surface area contributed by atoms with Crippen molar-refractivity contribution in [3.63, 3.8) is 0 Å². The SMILES string of the molecule is CC(O)(CNc1ccc2nnc(-c3cc(Cl)cc(Cl)c3)n2n1)c1ccco1. The maximum absolute atomic E-state index is 10.6. The number of aromatic nitrogens is 4. The summed E-state index contributed by atoms with van der Waals surface area (Å²) < 4.78 is 6.87. The molecule has 0 aliphatic rings. The van der Waals surface area contributed by atoms with Crippen molar-refractivity contribution < 1.29 is 9.52 Å². The quantitative estimate of drug-likeness (QED) is 0.523. The van der Waals surface area contributed by atoms with Crippen LogP contribution in [-0.4, -0.2) is 31.5 Å². The number of hydrogen-bond donors (Lipinski definition) is 2. The highest BCUT2D eigenvalue weighted by molar-refractivity contribution is 6.35. The number of fused-ring (bicyclic) bond motifs is 1. The van der Waals surface area contributed by atoms with Gasteiger partial charge in [-0.2, -0.15) is 4.52 Å². The number of anilines is 1. The highest BCUT2D eigenvalue weighted by Crippen LogP contribution is 2.27. The van der Waals surface area contributed by atoms with Gasteiger partial charge >= 0.3 is 0 Å². The van der Waals surface area contributed by atoms with Crippen LogP contribution in [0, 0.1) is 0 Å². The molecule has 3 heterocycles. The molecular weight excluding hydrogens is 389 g/mol. The summed E-state index contributed by atoms with van der Waals surface area (Å²) in [4.78, 5) is 0. The van der Waals surface area contributed by atoms with E-state index in [9.17, 15) is 5.11 Å². The molecule has 9 heteroatoms. The summed E-state index contributed by atoms with van der Waals surface area (Å²) in [6, 6.07) is 12.1. The molecule has 0 fully saturated rings. The fraction of sp³-hybridized carbons (Fsp3) is 0.167. The molecule has 1 aromatic carbocycles. The van der Waals surface area contributed by atoms with E-state index in [-0.39, 0.29) is 6.54 Å². The Balaban J connectivity index is 1.64. The Kier molecular flexibility index (Phi) is 4.51. The van der Waals surface area contributed by atoms with Gasteiger partial charge in [0.1, 0.15) is 17.2 Å². The molecule has 0 bridgehead atoms. The number of rotatable bonds is 5. The zero-order valence-electron chi connectivity index (χ0n) is 14.2. The highest BCUT2D eigenvalue weighted by atomic mass is 35.5. The number of nitrogens with one attached hydrogen (secondary N) is 1. The minimum Gasteiger partial charge on any atom is -0.466 e. The summed E-state index contributed by atoms with van der Waals surface area (Å²) in [5.74, 6) is 1.52. The van der Waals surface area contributed by atoms with E-state index in [1.165, 1.54) is 6.26 Å². The Morgan fingerprint density at radius 1 is 1.15 bits per heavy atom. The molecule has 0 saturated carbocycles. The second kappa shape index (κ2) is 6.84. The van der Waals surface area contributed by atoms with Crippen LogP contribution >= 0.6 is 23.2 Å². The van der Waals surface area contributed by atoms with Gasteiger partial charge in [0.2, 0.25) is 0 Å². The second-order valence-corrected chi connectivity index (χ2v) is 7.15. The fourth-order valence-corrected chi connectivity index (χ4v) is 3.21. The largest absolute Gasteiger partial charge is 0.466 e. The van der Waals surface area contributed by atoms with Gasteiger partial charge in [-0.1, -0.05) is 23.2 Å². The van der Waals surface area contributed by atoms with Crippen LogP contribution in [0.15, 0.2) is 53.1 Å². The van der Waals surface area contributed by atoms with E-state index in [1.54, 1.807) is 53.9 Å². The van der Waals surface area contributed by atoms with Gasteiger partial charge in [-0.15, -0.1) is 15.3 Å². The highest BCUT2D eigenvalue weighted by Gasteiger charge is 2.26. The van der Waals surface area contributed by atoms with Crippen LogP contribution in [0.25, 0.3) is 17.0 Å². The number of nitrogens with zero attached hydrogens (tertiary/aromatic N) is 4. The van der Waals surface area contributed by atoms with Gasteiger partial charge in [0.25, 0.3) is 0 Å². The summed E-state index contributed by atoms with van der Waals surface area (Å²) in [6.07, 6.45) is 1.52. The number of benzene rings is 1. The molecule has 0 spiro atoms. The topological polar surface area (TPSA) is 88.5 Å². The molecule has 1 atom stereocenters. The Labute approximate surface area is 164 Å². The van der Waals surface area contributed by atoms with E-state index >= 15 is 0 Å². The maximum atomic E-state index is 10.6. The third kappa shape index (κ3) is 3.62. The van der Waals surface area contributed by atoms with Crippen LogP contribution in [0.2, 0.25) is 10.0 Å². The fourth-order valence-electron chi connectivity index (χ4n) is 2.68. The summed E-state index contributed by atoms with van der Waals surface area (Å²) >= 11 is 12.2. The monoisotopic (exact) mass is 403 g/mol. The summed E-state index contributed by atoms with van der Waals surface area (Å²) in [5, 5.41) is 27.5. The van der Waals surface area contributed by atoms with Gasteiger partial charge in [-0.05, 0) is 49.4 Å². The molecule has 2 N–H and O–H groups in total. The van der Waals surface area contributed by atoms with Crippen LogP contribution in [0.3, 0.4) is 0 Å². The zero-order valence-corrected chi connectivity index (χ0v) is 15.7. The molecule has 138 valence electrons. The second-order valence-electron chi connectivity index (χ2n) is 6.28. The Bertz CT molecular complexity index is 1070. The van der Waals surface area contributed by atoms with Gasteiger partial charge in [-0.3, -0.25) is 0 Å². The molecule has 4 rings (SSSR count). The minimum absolute atomic E-state index is 0.208. The summed E-state index contributed by atoms with van der Waals surface area (Å²) in [7, 11) is 0. The molecule has 7 nitrogen and oxygen atoms in total. The average molecular weight is 404 g/mol. The molecule has 0 aliphatic carbocycles. The predicted octanol–water partition coefficient (Wildman–Crippen LogP) is 4.01. The van der Waals surface area contributed by atoms with Gasteiger partial charge < -0.3 is 14.8 Å². The van der Waals surface area contributed by atoms with Gasteiger partial charge in [0.05, 0.1) is 12.8 Å². The lowest BCUT2D eigenvalue weighted by Crippen LogP contribution is -2.30. The van der Waals surface area contributed by atoms with Gasteiger partial charge in [0, 0.05) is 15.6 Å². The first kappa shape index (κ1) is 17.8. The lowest BCUT2D eigenvalue weighted by Gasteiger charge is -2.21. The third-order valence-corrected chi connectivity index (χ3v) is 4.49. The standard InChI is InChI=1S/C18H15Cl2N5O2/c1-18(26,14-3-2-6-27-14)10-21-15-4-5-16-22-23-17(25(16)24-15)11-7-12(19)9-13(20)8-11/h2-9,26H,10H2,1H3,(H,21,24). The van der Waals surface area contributed by atoms with Gasteiger partial charge in [-0.25, -0.2) is 0 Å². The smallest absolute Gasteiger partial charge is 0.185 e. The first-order chi connectivity index (χ1) is 12.9. The summed E-state index contributed by atoms with van der Waals surface area (Å²) in [5.41, 5.74) is 0.0908. The number of aliphatic hydroxyl groups is 1.